The standard InChI is InChI=1S/C19H30BNO5/c1-12(2)24-16-9-8-14(10-13(16)11-15(21)17(22)23-7)20-25-18(3,4)19(5,6)26-20/h8-10,12,15H,11,21H2,1-7H3/t15-/m0/s1. The lowest BCUT2D eigenvalue weighted by molar-refractivity contribution is -0.142. The molecule has 6 nitrogen and oxygen atoms in total. The highest BCUT2D eigenvalue weighted by atomic mass is 16.7. The fraction of sp³-hybridized carbons (Fsp3) is 0.632. The summed E-state index contributed by atoms with van der Waals surface area (Å²) < 4.78 is 22.8. The van der Waals surface area contributed by atoms with Crippen molar-refractivity contribution in [2.75, 3.05) is 7.11 Å². The predicted molar refractivity (Wildman–Crippen MR) is 102 cm³/mol. The summed E-state index contributed by atoms with van der Waals surface area (Å²) in [4.78, 5) is 11.7. The van der Waals surface area contributed by atoms with Crippen LogP contribution in [-0.2, 0) is 25.3 Å². The Balaban J connectivity index is 2.32. The van der Waals surface area contributed by atoms with E-state index in [2.05, 4.69) is 0 Å². The number of rotatable bonds is 6. The van der Waals surface area contributed by atoms with Crippen molar-refractivity contribution in [2.24, 2.45) is 5.73 Å². The Kier molecular flexibility index (Phi) is 6.05. The van der Waals surface area contributed by atoms with E-state index >= 15 is 0 Å². The molecule has 26 heavy (non-hydrogen) atoms. The largest absolute Gasteiger partial charge is 0.494 e. The summed E-state index contributed by atoms with van der Waals surface area (Å²) in [7, 11) is 0.843. The number of carbonyl (C=O) groups excluding carboxylic acids is 1. The van der Waals surface area contributed by atoms with E-state index in [1.165, 1.54) is 7.11 Å². The molecule has 1 atom stereocenters. The van der Waals surface area contributed by atoms with Gasteiger partial charge in [0.15, 0.2) is 0 Å². The number of esters is 1. The van der Waals surface area contributed by atoms with Gasteiger partial charge in [-0.1, -0.05) is 12.1 Å². The summed E-state index contributed by atoms with van der Waals surface area (Å²) in [6.07, 6.45) is 0.313. The van der Waals surface area contributed by atoms with Crippen molar-refractivity contribution in [1.82, 2.24) is 0 Å². The molecule has 7 heteroatoms. The Morgan fingerprint density at radius 1 is 1.19 bits per heavy atom. The Morgan fingerprint density at radius 2 is 1.77 bits per heavy atom. The molecule has 1 aromatic carbocycles. The van der Waals surface area contributed by atoms with E-state index in [-0.39, 0.29) is 6.10 Å². The second-order valence-electron chi connectivity index (χ2n) is 7.96. The molecule has 0 saturated carbocycles. The van der Waals surface area contributed by atoms with Crippen molar-refractivity contribution < 1.29 is 23.6 Å². The summed E-state index contributed by atoms with van der Waals surface area (Å²) in [5.74, 6) is 0.237. The number of nitrogens with two attached hydrogens (primary N) is 1. The van der Waals surface area contributed by atoms with Gasteiger partial charge in [-0.05, 0) is 58.6 Å². The maximum Gasteiger partial charge on any atom is 0.494 e. The fourth-order valence-corrected chi connectivity index (χ4v) is 2.73. The molecule has 144 valence electrons. The lowest BCUT2D eigenvalue weighted by Crippen LogP contribution is -2.41. The monoisotopic (exact) mass is 363 g/mol. The minimum Gasteiger partial charge on any atom is -0.491 e. The maximum atomic E-state index is 11.7. The van der Waals surface area contributed by atoms with Crippen LogP contribution in [0.5, 0.6) is 5.75 Å². The zero-order chi connectivity index (χ0) is 19.7. The quantitative estimate of drug-likeness (QED) is 0.614. The Bertz CT molecular complexity index is 643. The number of ether oxygens (including phenoxy) is 2. The zero-order valence-electron chi connectivity index (χ0n) is 16.8. The van der Waals surface area contributed by atoms with Crippen molar-refractivity contribution in [3.63, 3.8) is 0 Å². The topological polar surface area (TPSA) is 80.0 Å². The first-order valence-electron chi connectivity index (χ1n) is 8.95. The van der Waals surface area contributed by atoms with Gasteiger partial charge in [-0.2, -0.15) is 0 Å². The molecule has 0 unspecified atom stereocenters. The van der Waals surface area contributed by atoms with Crippen molar-refractivity contribution >= 4 is 18.6 Å². The number of hydrogen-bond donors (Lipinski definition) is 1. The van der Waals surface area contributed by atoms with E-state index in [0.29, 0.717) is 12.2 Å². The van der Waals surface area contributed by atoms with Gasteiger partial charge in [0, 0.05) is 6.42 Å². The Labute approximate surface area is 156 Å². The minimum absolute atomic E-state index is 0.00537. The van der Waals surface area contributed by atoms with E-state index in [4.69, 9.17) is 24.5 Å². The summed E-state index contributed by atoms with van der Waals surface area (Å²) >= 11 is 0. The van der Waals surface area contributed by atoms with Crippen LogP contribution in [0.3, 0.4) is 0 Å². The normalized spacial score (nSPS) is 19.5. The van der Waals surface area contributed by atoms with Crippen molar-refractivity contribution in [3.05, 3.63) is 23.8 Å². The van der Waals surface area contributed by atoms with E-state index < -0.39 is 30.3 Å². The van der Waals surface area contributed by atoms with Crippen molar-refractivity contribution in [1.29, 1.82) is 0 Å². The number of benzene rings is 1. The van der Waals surface area contributed by atoms with Crippen LogP contribution in [-0.4, -0.2) is 43.5 Å². The van der Waals surface area contributed by atoms with Gasteiger partial charge in [0.1, 0.15) is 11.8 Å². The van der Waals surface area contributed by atoms with Crippen LogP contribution in [0.15, 0.2) is 18.2 Å². The molecule has 1 saturated heterocycles. The van der Waals surface area contributed by atoms with Gasteiger partial charge in [0.05, 0.1) is 24.4 Å². The third-order valence-electron chi connectivity index (χ3n) is 4.92. The summed E-state index contributed by atoms with van der Waals surface area (Å²) in [5.41, 5.74) is 6.80. The third kappa shape index (κ3) is 4.39. The van der Waals surface area contributed by atoms with E-state index in [0.717, 1.165) is 11.0 Å². The summed E-state index contributed by atoms with van der Waals surface area (Å²) in [6, 6.07) is 4.97. The van der Waals surface area contributed by atoms with Crippen LogP contribution in [0.2, 0.25) is 0 Å². The van der Waals surface area contributed by atoms with E-state index in [9.17, 15) is 4.79 Å². The molecule has 0 radical (unpaired) electrons. The highest BCUT2D eigenvalue weighted by Gasteiger charge is 2.51. The number of hydrogen-bond acceptors (Lipinski definition) is 6. The first-order valence-corrected chi connectivity index (χ1v) is 8.95. The van der Waals surface area contributed by atoms with Crippen LogP contribution >= 0.6 is 0 Å². The van der Waals surface area contributed by atoms with Crippen molar-refractivity contribution in [2.45, 2.75) is 71.3 Å². The molecular formula is C19H30BNO5. The molecule has 1 aliphatic heterocycles. The maximum absolute atomic E-state index is 11.7. The molecule has 0 aromatic heterocycles. The second kappa shape index (κ2) is 7.58. The fourth-order valence-electron chi connectivity index (χ4n) is 2.73. The molecule has 1 aromatic rings. The van der Waals surface area contributed by atoms with E-state index in [1.54, 1.807) is 0 Å². The molecule has 0 bridgehead atoms. The average molecular weight is 363 g/mol. The zero-order valence-corrected chi connectivity index (χ0v) is 16.8. The molecule has 2 N–H and O–H groups in total. The molecular weight excluding hydrogens is 333 g/mol. The molecule has 1 heterocycles. The first kappa shape index (κ1) is 20.7. The van der Waals surface area contributed by atoms with Gasteiger partial charge >= 0.3 is 13.1 Å². The molecule has 0 amide bonds. The first-order chi connectivity index (χ1) is 12.0. The lowest BCUT2D eigenvalue weighted by atomic mass is 9.78. The highest BCUT2D eigenvalue weighted by Crippen LogP contribution is 2.36. The van der Waals surface area contributed by atoms with Gasteiger partial charge in [-0.3, -0.25) is 4.79 Å². The minimum atomic E-state index is -0.761. The van der Waals surface area contributed by atoms with Crippen LogP contribution in [0, 0.1) is 0 Å². The second-order valence-corrected chi connectivity index (χ2v) is 7.96. The third-order valence-corrected chi connectivity index (χ3v) is 4.92. The average Bonchev–Trinajstić information content (AvgIpc) is 2.75. The van der Waals surface area contributed by atoms with Gasteiger partial charge in [0.25, 0.3) is 0 Å². The summed E-state index contributed by atoms with van der Waals surface area (Å²) in [5, 5.41) is 0. The molecule has 1 aliphatic rings. The van der Waals surface area contributed by atoms with Gasteiger partial charge in [0.2, 0.25) is 0 Å². The van der Waals surface area contributed by atoms with Crippen LogP contribution in [0.4, 0.5) is 0 Å². The van der Waals surface area contributed by atoms with Crippen LogP contribution in [0.1, 0.15) is 47.1 Å². The van der Waals surface area contributed by atoms with Crippen LogP contribution in [0.25, 0.3) is 0 Å². The Morgan fingerprint density at radius 3 is 2.27 bits per heavy atom. The number of carbonyl (C=O) groups is 1. The highest BCUT2D eigenvalue weighted by molar-refractivity contribution is 6.62. The van der Waals surface area contributed by atoms with Crippen molar-refractivity contribution in [3.8, 4) is 5.75 Å². The SMILES string of the molecule is COC(=O)[C@@H](N)Cc1cc(B2OC(C)(C)C(C)(C)O2)ccc1OC(C)C. The van der Waals surface area contributed by atoms with E-state index in [1.807, 2.05) is 59.7 Å². The number of methoxy groups -OCH3 is 1. The molecule has 2 rings (SSSR count). The van der Waals surface area contributed by atoms with Gasteiger partial charge < -0.3 is 24.5 Å². The lowest BCUT2D eigenvalue weighted by Gasteiger charge is -2.32. The summed E-state index contributed by atoms with van der Waals surface area (Å²) in [6.45, 7) is 11.9. The van der Waals surface area contributed by atoms with Gasteiger partial charge in [-0.25, -0.2) is 0 Å². The molecule has 1 fully saturated rings. The van der Waals surface area contributed by atoms with Crippen LogP contribution < -0.4 is 15.9 Å². The van der Waals surface area contributed by atoms with Gasteiger partial charge in [-0.15, -0.1) is 0 Å². The molecule has 0 spiro atoms. The Hall–Kier alpha value is -1.57. The predicted octanol–water partition coefficient (Wildman–Crippen LogP) is 1.82. The smallest absolute Gasteiger partial charge is 0.491 e. The molecule has 0 aliphatic carbocycles.